The van der Waals surface area contributed by atoms with E-state index in [1.54, 1.807) is 11.8 Å². The molecule has 142 valence electrons. The molecule has 2 heterocycles. The molecule has 4 nitrogen and oxygen atoms in total. The zero-order chi connectivity index (χ0) is 17.2. The van der Waals surface area contributed by atoms with E-state index in [1.807, 2.05) is 49.2 Å². The van der Waals surface area contributed by atoms with Gasteiger partial charge in [-0.2, -0.15) is 31.5 Å². The first-order chi connectivity index (χ1) is 12.2. The normalized spacial score (nSPS) is 15.2. The summed E-state index contributed by atoms with van der Waals surface area (Å²) in [6.07, 6.45) is 8.15. The van der Waals surface area contributed by atoms with Gasteiger partial charge >= 0.3 is 21.1 Å². The molecule has 0 fully saturated rings. The van der Waals surface area contributed by atoms with Crippen LogP contribution < -0.4 is 9.80 Å². The summed E-state index contributed by atoms with van der Waals surface area (Å²) in [7, 11) is 4.04. The summed E-state index contributed by atoms with van der Waals surface area (Å²) < 4.78 is 0. The molecule has 0 N–H and O–H groups in total. The van der Waals surface area contributed by atoms with Crippen molar-refractivity contribution < 1.29 is 21.1 Å². The number of anilines is 2. The molecule has 0 atom stereocenters. The molecule has 0 amide bonds. The number of benzene rings is 2. The van der Waals surface area contributed by atoms with E-state index in [9.17, 15) is 0 Å². The van der Waals surface area contributed by atoms with Crippen molar-refractivity contribution >= 4 is 23.1 Å². The van der Waals surface area contributed by atoms with Crippen LogP contribution in [0.4, 0.5) is 11.4 Å². The van der Waals surface area contributed by atoms with Crippen molar-refractivity contribution in [3.63, 3.8) is 0 Å². The summed E-state index contributed by atoms with van der Waals surface area (Å²) in [5, 5.41) is 0. The molecule has 0 unspecified atom stereocenters. The Kier molecular flexibility index (Phi) is 7.46. The van der Waals surface area contributed by atoms with E-state index >= 15 is 0 Å². The summed E-state index contributed by atoms with van der Waals surface area (Å²) >= 11 is 1.72. The summed E-state index contributed by atoms with van der Waals surface area (Å²) in [4.78, 5) is 10.5. The van der Waals surface area contributed by atoms with Gasteiger partial charge < -0.3 is 27.0 Å². The second-order valence-corrected chi connectivity index (χ2v) is 7.09. The third kappa shape index (κ3) is 5.11. The average Bonchev–Trinajstić information content (AvgIpc) is 3.24. The number of rotatable bonds is 4. The Hall–Kier alpha value is -1.84. The quantitative estimate of drug-likeness (QED) is 0.501. The Labute approximate surface area is 181 Å². The van der Waals surface area contributed by atoms with E-state index < -0.39 is 0 Å². The first-order valence-corrected chi connectivity index (χ1v) is 8.86. The fourth-order valence-electron chi connectivity index (χ4n) is 2.68. The molecule has 6 heteroatoms. The molecule has 4 rings (SSSR count). The molecule has 0 radical (unpaired) electrons. The third-order valence-electron chi connectivity index (χ3n) is 3.91. The van der Waals surface area contributed by atoms with Crippen molar-refractivity contribution in [1.82, 2.24) is 9.80 Å². The predicted molar refractivity (Wildman–Crippen MR) is 110 cm³/mol. The second-order valence-electron chi connectivity index (χ2n) is 5.97. The van der Waals surface area contributed by atoms with Gasteiger partial charge in [0.2, 0.25) is 0 Å². The molecular formula is C21H22N4PtS. The topological polar surface area (TPSA) is 13.0 Å². The van der Waals surface area contributed by atoms with Gasteiger partial charge in [-0.3, -0.25) is 0 Å². The minimum Gasteiger partial charge on any atom is -0.510 e. The Morgan fingerprint density at radius 3 is 2.19 bits per heavy atom. The monoisotopic (exact) mass is 557 g/mol. The molecule has 0 spiro atoms. The van der Waals surface area contributed by atoms with Crippen LogP contribution in [0.1, 0.15) is 0 Å². The maximum absolute atomic E-state index is 3.49. The molecule has 2 aromatic rings. The van der Waals surface area contributed by atoms with Crippen LogP contribution in [0.5, 0.6) is 0 Å². The predicted octanol–water partition coefficient (Wildman–Crippen LogP) is 4.77. The van der Waals surface area contributed by atoms with Gasteiger partial charge in [-0.15, -0.1) is 23.5 Å². The molecule has 0 aromatic heterocycles. The fraction of sp³-hybridized carbons (Fsp3) is 0.0952. The van der Waals surface area contributed by atoms with Crippen molar-refractivity contribution in [3.8, 4) is 0 Å². The van der Waals surface area contributed by atoms with Crippen molar-refractivity contribution in [2.24, 2.45) is 0 Å². The summed E-state index contributed by atoms with van der Waals surface area (Å²) in [6.45, 7) is 4.09. The molecule has 2 aliphatic rings. The van der Waals surface area contributed by atoms with Gasteiger partial charge in [0.15, 0.2) is 0 Å². The van der Waals surface area contributed by atoms with E-state index in [0.717, 1.165) is 16.3 Å². The van der Waals surface area contributed by atoms with Crippen LogP contribution in [0.2, 0.25) is 0 Å². The Morgan fingerprint density at radius 1 is 0.852 bits per heavy atom. The van der Waals surface area contributed by atoms with Crippen LogP contribution in [-0.2, 0) is 21.1 Å². The third-order valence-corrected chi connectivity index (χ3v) is 4.86. The Balaban J connectivity index is 0.00000131. The zero-order valence-corrected chi connectivity index (χ0v) is 18.6. The van der Waals surface area contributed by atoms with Crippen LogP contribution in [-0.4, -0.2) is 23.9 Å². The Bertz CT molecular complexity index is 756. The van der Waals surface area contributed by atoms with Crippen LogP contribution in [0.25, 0.3) is 0 Å². The van der Waals surface area contributed by atoms with Gasteiger partial charge in [-0.1, -0.05) is 11.0 Å². The second kappa shape index (κ2) is 9.38. The van der Waals surface area contributed by atoms with Gasteiger partial charge in [0.05, 0.1) is 0 Å². The Morgan fingerprint density at radius 2 is 1.52 bits per heavy atom. The molecule has 0 saturated carbocycles. The van der Waals surface area contributed by atoms with Gasteiger partial charge in [0.1, 0.15) is 0 Å². The van der Waals surface area contributed by atoms with E-state index in [1.165, 1.54) is 4.90 Å². The van der Waals surface area contributed by atoms with Crippen molar-refractivity contribution in [3.05, 3.63) is 94.1 Å². The smallest absolute Gasteiger partial charge is 0.510 e. The van der Waals surface area contributed by atoms with Crippen LogP contribution in [0.3, 0.4) is 0 Å². The van der Waals surface area contributed by atoms with Gasteiger partial charge in [0.25, 0.3) is 0 Å². The van der Waals surface area contributed by atoms with Gasteiger partial charge in [0, 0.05) is 10.6 Å². The molecule has 2 aromatic carbocycles. The first-order valence-electron chi connectivity index (χ1n) is 8.05. The van der Waals surface area contributed by atoms with Crippen LogP contribution >= 0.6 is 11.8 Å². The van der Waals surface area contributed by atoms with Crippen LogP contribution in [0.15, 0.2) is 77.1 Å². The minimum absolute atomic E-state index is 0. The fourth-order valence-corrected chi connectivity index (χ4v) is 3.56. The van der Waals surface area contributed by atoms with Crippen molar-refractivity contribution in [1.29, 1.82) is 0 Å². The van der Waals surface area contributed by atoms with E-state index in [4.69, 9.17) is 0 Å². The maximum Gasteiger partial charge on any atom is 4.00 e. The number of hydrogen-bond donors (Lipinski definition) is 0. The van der Waals surface area contributed by atoms with Crippen LogP contribution in [0, 0.1) is 26.8 Å². The first kappa shape index (κ1) is 21.5. The van der Waals surface area contributed by atoms with Crippen molar-refractivity contribution in [2.45, 2.75) is 9.79 Å². The zero-order valence-electron chi connectivity index (χ0n) is 15.5. The number of nitrogens with zero attached hydrogens (tertiary/aromatic N) is 4. The van der Waals surface area contributed by atoms with E-state index in [2.05, 4.69) is 71.2 Å². The standard InChI is InChI=1S/C20H19N4S.CH3.Pt/c1-21-9-11-23(15-21)17-5-3-7-19(13-17)25-20-8-4-6-18(14-20)24-12-10-22(2)16-24;;/h3-13,15-16H,1-2H3;1H3;/q-3;-1;+4. The summed E-state index contributed by atoms with van der Waals surface area (Å²) in [5.74, 6) is 0. The summed E-state index contributed by atoms with van der Waals surface area (Å²) in [6, 6.07) is 18.3. The molecule has 0 bridgehead atoms. The van der Waals surface area contributed by atoms with E-state index in [0.29, 0.717) is 0 Å². The summed E-state index contributed by atoms with van der Waals surface area (Å²) in [5.41, 5.74) is 2.19. The minimum atomic E-state index is 0. The molecule has 0 aliphatic carbocycles. The van der Waals surface area contributed by atoms with Gasteiger partial charge in [-0.05, 0) is 57.1 Å². The average molecular weight is 558 g/mol. The number of hydrogen-bond acceptors (Lipinski definition) is 5. The van der Waals surface area contributed by atoms with Gasteiger partial charge in [-0.25, -0.2) is 0 Å². The van der Waals surface area contributed by atoms with Crippen molar-refractivity contribution in [2.75, 3.05) is 23.9 Å². The molecular weight excluding hydrogens is 535 g/mol. The molecule has 27 heavy (non-hydrogen) atoms. The molecule has 0 saturated heterocycles. The van der Waals surface area contributed by atoms with E-state index in [-0.39, 0.29) is 28.5 Å². The SMILES string of the molecule is CN1C=CN(c2[c-]c(Sc3cccc(N4C=CN(C)[CH-]4)c3)ccc2)[CH-]1.[CH3-].[Pt+4]. The largest absolute Gasteiger partial charge is 4.00 e. The molecule has 2 aliphatic heterocycles. The maximum atomic E-state index is 3.49.